The Morgan fingerprint density at radius 3 is 2.67 bits per heavy atom. The molecule has 2 rings (SSSR count). The van der Waals surface area contributed by atoms with Crippen molar-refractivity contribution < 1.29 is 9.53 Å². The topological polar surface area (TPSA) is 67.6 Å². The quantitative estimate of drug-likeness (QED) is 0.866. The molecule has 21 heavy (non-hydrogen) atoms. The predicted molar refractivity (Wildman–Crippen MR) is 84.4 cm³/mol. The number of nitrogens with zero attached hydrogens (tertiary/aromatic N) is 1. The summed E-state index contributed by atoms with van der Waals surface area (Å²) in [6, 6.07) is 7.21. The maximum Gasteiger partial charge on any atom is 0.241 e. The summed E-state index contributed by atoms with van der Waals surface area (Å²) in [6.45, 7) is 6.59. The molecule has 5 nitrogen and oxygen atoms in total. The Morgan fingerprint density at radius 1 is 1.48 bits per heavy atom. The number of amides is 1. The smallest absolute Gasteiger partial charge is 0.241 e. The van der Waals surface area contributed by atoms with Crippen LogP contribution in [0.15, 0.2) is 24.3 Å². The van der Waals surface area contributed by atoms with Crippen molar-refractivity contribution in [3.8, 4) is 5.75 Å². The van der Waals surface area contributed by atoms with Crippen molar-refractivity contribution in [2.24, 2.45) is 11.1 Å². The zero-order valence-corrected chi connectivity index (χ0v) is 13.1. The monoisotopic (exact) mass is 291 g/mol. The van der Waals surface area contributed by atoms with Gasteiger partial charge in [-0.3, -0.25) is 9.69 Å². The fraction of sp³-hybridized carbons (Fsp3) is 0.562. The van der Waals surface area contributed by atoms with Crippen molar-refractivity contribution in [1.82, 2.24) is 4.90 Å². The summed E-state index contributed by atoms with van der Waals surface area (Å²) in [4.78, 5) is 14.5. The fourth-order valence-corrected chi connectivity index (χ4v) is 2.65. The van der Waals surface area contributed by atoms with Crippen LogP contribution in [0, 0.1) is 5.41 Å². The van der Waals surface area contributed by atoms with Crippen LogP contribution in [-0.2, 0) is 4.79 Å². The molecule has 2 atom stereocenters. The summed E-state index contributed by atoms with van der Waals surface area (Å²) in [5.41, 5.74) is 6.74. The molecule has 2 unspecified atom stereocenters. The van der Waals surface area contributed by atoms with Crippen molar-refractivity contribution in [2.45, 2.75) is 26.3 Å². The number of hydrogen-bond donors (Lipinski definition) is 2. The maximum atomic E-state index is 12.3. The van der Waals surface area contributed by atoms with Crippen molar-refractivity contribution in [2.75, 3.05) is 32.1 Å². The van der Waals surface area contributed by atoms with Crippen molar-refractivity contribution in [3.63, 3.8) is 0 Å². The van der Waals surface area contributed by atoms with Crippen LogP contribution in [0.2, 0.25) is 0 Å². The largest absolute Gasteiger partial charge is 0.497 e. The van der Waals surface area contributed by atoms with E-state index in [1.807, 2.05) is 31.2 Å². The molecule has 1 amide bonds. The lowest BCUT2D eigenvalue weighted by Crippen LogP contribution is -2.42. The van der Waals surface area contributed by atoms with Gasteiger partial charge in [-0.2, -0.15) is 0 Å². The third-order valence-electron chi connectivity index (χ3n) is 4.36. The summed E-state index contributed by atoms with van der Waals surface area (Å²) in [6.07, 6.45) is 1.05. The maximum absolute atomic E-state index is 12.3. The Balaban J connectivity index is 1.93. The molecule has 0 saturated carbocycles. The summed E-state index contributed by atoms with van der Waals surface area (Å²) < 4.78 is 5.11. The molecule has 1 aliphatic heterocycles. The van der Waals surface area contributed by atoms with Crippen LogP contribution in [0.4, 0.5) is 5.69 Å². The molecule has 0 radical (unpaired) electrons. The third kappa shape index (κ3) is 3.74. The van der Waals surface area contributed by atoms with Gasteiger partial charge in [0, 0.05) is 12.2 Å². The highest BCUT2D eigenvalue weighted by Gasteiger charge is 2.36. The van der Waals surface area contributed by atoms with Gasteiger partial charge in [-0.25, -0.2) is 0 Å². The van der Waals surface area contributed by atoms with Gasteiger partial charge in [0.25, 0.3) is 0 Å². The summed E-state index contributed by atoms with van der Waals surface area (Å²) in [5, 5.41) is 2.95. The molecular formula is C16H25N3O2. The first-order chi connectivity index (χ1) is 9.97. The van der Waals surface area contributed by atoms with E-state index in [1.165, 1.54) is 0 Å². The first-order valence-electron chi connectivity index (χ1n) is 7.36. The van der Waals surface area contributed by atoms with Crippen LogP contribution in [0.25, 0.3) is 0 Å². The van der Waals surface area contributed by atoms with Crippen LogP contribution >= 0.6 is 0 Å². The van der Waals surface area contributed by atoms with Gasteiger partial charge in [-0.05, 0) is 56.1 Å². The Labute approximate surface area is 126 Å². The van der Waals surface area contributed by atoms with E-state index in [4.69, 9.17) is 10.5 Å². The van der Waals surface area contributed by atoms with Gasteiger partial charge in [0.2, 0.25) is 5.91 Å². The molecule has 0 spiro atoms. The standard InChI is InChI=1S/C16H25N3O2/c1-12(19-9-8-16(2,10-17)11-19)15(20)18-13-4-6-14(21-3)7-5-13/h4-7,12H,8-11,17H2,1-3H3,(H,18,20). The van der Waals surface area contributed by atoms with Gasteiger partial charge < -0.3 is 15.8 Å². The van der Waals surface area contributed by atoms with Gasteiger partial charge in [-0.15, -0.1) is 0 Å². The molecule has 3 N–H and O–H groups in total. The second kappa shape index (κ2) is 6.45. The van der Waals surface area contributed by atoms with Crippen molar-refractivity contribution in [3.05, 3.63) is 24.3 Å². The number of benzene rings is 1. The van der Waals surface area contributed by atoms with Crippen LogP contribution in [0.3, 0.4) is 0 Å². The summed E-state index contributed by atoms with van der Waals surface area (Å²) >= 11 is 0. The number of rotatable bonds is 5. The molecule has 1 aliphatic rings. The van der Waals surface area contributed by atoms with E-state index in [0.717, 1.165) is 30.9 Å². The van der Waals surface area contributed by atoms with Crippen molar-refractivity contribution in [1.29, 1.82) is 0 Å². The minimum Gasteiger partial charge on any atom is -0.497 e. The predicted octanol–water partition coefficient (Wildman–Crippen LogP) is 1.69. The highest BCUT2D eigenvalue weighted by atomic mass is 16.5. The van der Waals surface area contributed by atoms with Gasteiger partial charge in [0.05, 0.1) is 13.2 Å². The number of nitrogens with two attached hydrogens (primary N) is 1. The number of nitrogens with one attached hydrogen (secondary N) is 1. The number of likely N-dealkylation sites (tertiary alicyclic amines) is 1. The Kier molecular flexibility index (Phi) is 4.85. The lowest BCUT2D eigenvalue weighted by atomic mass is 9.90. The zero-order valence-electron chi connectivity index (χ0n) is 13.1. The van der Waals surface area contributed by atoms with Gasteiger partial charge >= 0.3 is 0 Å². The van der Waals surface area contributed by atoms with Gasteiger partial charge in [-0.1, -0.05) is 6.92 Å². The molecule has 1 fully saturated rings. The summed E-state index contributed by atoms with van der Waals surface area (Å²) in [5.74, 6) is 0.792. The van der Waals surface area contributed by atoms with Gasteiger partial charge in [0.1, 0.15) is 5.75 Å². The lowest BCUT2D eigenvalue weighted by Gasteiger charge is -2.26. The highest BCUT2D eigenvalue weighted by Crippen LogP contribution is 2.30. The third-order valence-corrected chi connectivity index (χ3v) is 4.36. The number of methoxy groups -OCH3 is 1. The highest BCUT2D eigenvalue weighted by molar-refractivity contribution is 5.94. The average molecular weight is 291 g/mol. The molecule has 1 heterocycles. The normalized spacial score (nSPS) is 23.8. The molecule has 1 aromatic carbocycles. The van der Waals surface area contributed by atoms with Gasteiger partial charge in [0.15, 0.2) is 0 Å². The first kappa shape index (κ1) is 15.8. The number of hydrogen-bond acceptors (Lipinski definition) is 4. The van der Waals surface area contributed by atoms with E-state index in [-0.39, 0.29) is 17.4 Å². The molecule has 0 aromatic heterocycles. The Hall–Kier alpha value is -1.59. The second-order valence-corrected chi connectivity index (χ2v) is 6.13. The molecular weight excluding hydrogens is 266 g/mol. The second-order valence-electron chi connectivity index (χ2n) is 6.13. The fourth-order valence-electron chi connectivity index (χ4n) is 2.65. The minimum absolute atomic E-state index is 0.0152. The van der Waals surface area contributed by atoms with E-state index in [9.17, 15) is 4.79 Å². The van der Waals surface area contributed by atoms with Crippen LogP contribution in [0.1, 0.15) is 20.3 Å². The van der Waals surface area contributed by atoms with Crippen LogP contribution in [0.5, 0.6) is 5.75 Å². The van der Waals surface area contributed by atoms with E-state index in [0.29, 0.717) is 6.54 Å². The SMILES string of the molecule is COc1ccc(NC(=O)C(C)N2CCC(C)(CN)C2)cc1. The van der Waals surface area contributed by atoms with E-state index in [2.05, 4.69) is 17.1 Å². The first-order valence-corrected chi connectivity index (χ1v) is 7.36. The Morgan fingerprint density at radius 2 is 2.14 bits per heavy atom. The van der Waals surface area contributed by atoms with Crippen LogP contribution < -0.4 is 15.8 Å². The van der Waals surface area contributed by atoms with Crippen LogP contribution in [-0.4, -0.2) is 43.6 Å². The van der Waals surface area contributed by atoms with E-state index < -0.39 is 0 Å². The molecule has 0 bridgehead atoms. The zero-order chi connectivity index (χ0) is 15.5. The summed E-state index contributed by atoms with van der Waals surface area (Å²) in [7, 11) is 1.62. The van der Waals surface area contributed by atoms with E-state index in [1.54, 1.807) is 7.11 Å². The molecule has 116 valence electrons. The van der Waals surface area contributed by atoms with E-state index >= 15 is 0 Å². The number of anilines is 1. The average Bonchev–Trinajstić information content (AvgIpc) is 2.90. The molecule has 1 saturated heterocycles. The van der Waals surface area contributed by atoms with Crippen molar-refractivity contribution >= 4 is 11.6 Å². The Bertz CT molecular complexity index is 489. The lowest BCUT2D eigenvalue weighted by molar-refractivity contribution is -0.120. The minimum atomic E-state index is -0.152. The number of carbonyl (C=O) groups excluding carboxylic acids is 1. The molecule has 5 heteroatoms. The number of carbonyl (C=O) groups is 1. The number of ether oxygens (including phenoxy) is 1. The molecule has 1 aromatic rings. The molecule has 0 aliphatic carbocycles.